The summed E-state index contributed by atoms with van der Waals surface area (Å²) in [4.78, 5) is 11.9. The number of benzene rings is 2. The molecule has 0 bridgehead atoms. The van der Waals surface area contributed by atoms with Crippen LogP contribution >= 0.6 is 0 Å². The Hall–Kier alpha value is -2.09. The minimum absolute atomic E-state index is 0.0661. The molecule has 1 saturated carbocycles. The van der Waals surface area contributed by atoms with Crippen LogP contribution < -0.4 is 4.74 Å². The van der Waals surface area contributed by atoms with Crippen molar-refractivity contribution in [3.8, 4) is 16.9 Å². The summed E-state index contributed by atoms with van der Waals surface area (Å²) in [5, 5.41) is 0. The largest absolute Gasteiger partial charge is 0.426 e. The van der Waals surface area contributed by atoms with Crippen LogP contribution in [-0.2, 0) is 4.79 Å². The van der Waals surface area contributed by atoms with Crippen LogP contribution in [0.5, 0.6) is 5.75 Å². The molecular weight excluding hydrogens is 368 g/mol. The number of ether oxygens (including phenoxy) is 1. The van der Waals surface area contributed by atoms with Gasteiger partial charge in [-0.3, -0.25) is 4.79 Å². The van der Waals surface area contributed by atoms with E-state index in [9.17, 15) is 4.79 Å². The summed E-state index contributed by atoms with van der Waals surface area (Å²) < 4.78 is 5.46. The highest BCUT2D eigenvalue weighted by Gasteiger charge is 2.22. The first kappa shape index (κ1) is 22.6. The van der Waals surface area contributed by atoms with Crippen LogP contribution in [0.2, 0.25) is 0 Å². The second-order valence-corrected chi connectivity index (χ2v) is 9.09. The molecule has 1 fully saturated rings. The smallest absolute Gasteiger partial charge is 0.314 e. The predicted octanol–water partition coefficient (Wildman–Crippen LogP) is 8.16. The molecule has 0 saturated heterocycles. The van der Waals surface area contributed by atoms with Crippen molar-refractivity contribution in [2.75, 3.05) is 0 Å². The van der Waals surface area contributed by atoms with E-state index in [0.717, 1.165) is 23.8 Å². The topological polar surface area (TPSA) is 26.3 Å². The van der Waals surface area contributed by atoms with E-state index in [4.69, 9.17) is 4.74 Å². The number of rotatable bonds is 9. The lowest BCUT2D eigenvalue weighted by Crippen LogP contribution is -2.16. The average Bonchev–Trinajstić information content (AvgIpc) is 2.80. The monoisotopic (exact) mass is 406 g/mol. The molecule has 0 unspecified atom stereocenters. The molecule has 0 aromatic heterocycles. The van der Waals surface area contributed by atoms with Crippen molar-refractivity contribution < 1.29 is 9.53 Å². The third kappa shape index (κ3) is 6.20. The summed E-state index contributed by atoms with van der Waals surface area (Å²) in [6.45, 7) is 6.19. The van der Waals surface area contributed by atoms with Crippen molar-refractivity contribution in [2.45, 2.75) is 84.5 Å². The summed E-state index contributed by atoms with van der Waals surface area (Å²) in [7, 11) is 0. The first-order chi connectivity index (χ1) is 14.6. The third-order valence-electron chi connectivity index (χ3n) is 6.87. The summed E-state index contributed by atoms with van der Waals surface area (Å²) >= 11 is 0. The van der Waals surface area contributed by atoms with Gasteiger partial charge in [-0.1, -0.05) is 82.9 Å². The molecule has 30 heavy (non-hydrogen) atoms. The lowest BCUT2D eigenvalue weighted by atomic mass is 9.77. The summed E-state index contributed by atoms with van der Waals surface area (Å²) in [6, 6.07) is 17.0. The lowest BCUT2D eigenvalue weighted by Gasteiger charge is -2.29. The molecule has 0 radical (unpaired) electrons. The molecule has 2 heteroatoms. The quantitative estimate of drug-likeness (QED) is 0.238. The highest BCUT2D eigenvalue weighted by molar-refractivity contribution is 5.75. The van der Waals surface area contributed by atoms with E-state index < -0.39 is 0 Å². The average molecular weight is 407 g/mol. The number of carbonyl (C=O) groups is 1. The molecule has 0 heterocycles. The molecule has 2 aromatic carbocycles. The highest BCUT2D eigenvalue weighted by atomic mass is 16.5. The molecule has 1 aliphatic rings. The minimum atomic E-state index is -0.158. The molecular formula is C28H38O2. The van der Waals surface area contributed by atoms with Crippen LogP contribution in [0.3, 0.4) is 0 Å². The first-order valence-electron chi connectivity index (χ1n) is 12.0. The van der Waals surface area contributed by atoms with Crippen molar-refractivity contribution in [3.63, 3.8) is 0 Å². The van der Waals surface area contributed by atoms with Gasteiger partial charge in [0.2, 0.25) is 0 Å². The van der Waals surface area contributed by atoms with E-state index in [1.165, 1.54) is 62.5 Å². The van der Waals surface area contributed by atoms with E-state index in [2.05, 4.69) is 31.2 Å². The maximum atomic E-state index is 11.9. The molecule has 0 aliphatic heterocycles. The molecule has 0 N–H and O–H groups in total. The van der Waals surface area contributed by atoms with Crippen molar-refractivity contribution in [1.82, 2.24) is 0 Å². The number of hydrogen-bond acceptors (Lipinski definition) is 2. The van der Waals surface area contributed by atoms with Gasteiger partial charge >= 0.3 is 5.97 Å². The van der Waals surface area contributed by atoms with Gasteiger partial charge < -0.3 is 4.74 Å². The maximum absolute atomic E-state index is 11.9. The molecule has 2 aromatic rings. The van der Waals surface area contributed by atoms with Crippen LogP contribution in [-0.4, -0.2) is 5.97 Å². The van der Waals surface area contributed by atoms with Crippen molar-refractivity contribution in [3.05, 3.63) is 54.1 Å². The Labute approximate surface area is 183 Å². The molecule has 162 valence electrons. The summed E-state index contributed by atoms with van der Waals surface area (Å²) in [6.07, 6.45) is 11.8. The first-order valence-corrected chi connectivity index (χ1v) is 12.0. The fourth-order valence-corrected chi connectivity index (χ4v) is 4.51. The van der Waals surface area contributed by atoms with Crippen molar-refractivity contribution in [1.29, 1.82) is 0 Å². The van der Waals surface area contributed by atoms with E-state index in [0.29, 0.717) is 5.75 Å². The van der Waals surface area contributed by atoms with Crippen LogP contribution in [0, 0.1) is 11.8 Å². The molecule has 0 amide bonds. The molecule has 1 aliphatic carbocycles. The molecule has 1 atom stereocenters. The Morgan fingerprint density at radius 2 is 1.50 bits per heavy atom. The second kappa shape index (κ2) is 11.3. The summed E-state index contributed by atoms with van der Waals surface area (Å²) in [5.41, 5.74) is 3.86. The molecule has 3 rings (SSSR count). The van der Waals surface area contributed by atoms with E-state index >= 15 is 0 Å². The standard InChI is InChI=1S/C28H38O2/c1-4-6-7-8-22-9-11-23(12-10-22)24-13-15-25(16-14-24)26-17-19-27(20-18-26)30-28(29)21(3)5-2/h13-23H,4-12H2,1-3H3/t21-,22?,23?/m0/s1. The van der Waals surface area contributed by atoms with Gasteiger partial charge in [-0.2, -0.15) is 0 Å². The Balaban J connectivity index is 1.54. The van der Waals surface area contributed by atoms with E-state index in [1.54, 1.807) is 0 Å². The Bertz CT molecular complexity index is 767. The van der Waals surface area contributed by atoms with Crippen LogP contribution in [0.15, 0.2) is 48.5 Å². The van der Waals surface area contributed by atoms with Crippen LogP contribution in [0.4, 0.5) is 0 Å². The zero-order chi connectivity index (χ0) is 21.3. The second-order valence-electron chi connectivity index (χ2n) is 9.09. The zero-order valence-electron chi connectivity index (χ0n) is 19.0. The minimum Gasteiger partial charge on any atom is -0.426 e. The van der Waals surface area contributed by atoms with Gasteiger partial charge in [0.05, 0.1) is 5.92 Å². The van der Waals surface area contributed by atoms with E-state index in [-0.39, 0.29) is 11.9 Å². The van der Waals surface area contributed by atoms with Gasteiger partial charge in [0.15, 0.2) is 0 Å². The summed E-state index contributed by atoms with van der Waals surface area (Å²) in [5.74, 6) is 2.08. The normalized spacial score (nSPS) is 20.0. The van der Waals surface area contributed by atoms with Gasteiger partial charge in [0.1, 0.15) is 5.75 Å². The highest BCUT2D eigenvalue weighted by Crippen LogP contribution is 2.38. The maximum Gasteiger partial charge on any atom is 0.314 e. The zero-order valence-corrected chi connectivity index (χ0v) is 19.0. The van der Waals surface area contributed by atoms with E-state index in [1.807, 2.05) is 38.1 Å². The van der Waals surface area contributed by atoms with Gasteiger partial charge in [0.25, 0.3) is 0 Å². The van der Waals surface area contributed by atoms with Crippen molar-refractivity contribution >= 4 is 5.97 Å². The SMILES string of the molecule is CCCCCC1CCC(c2ccc(-c3ccc(OC(=O)[C@@H](C)CC)cc3)cc2)CC1. The number of carbonyl (C=O) groups excluding carboxylic acids is 1. The third-order valence-corrected chi connectivity index (χ3v) is 6.87. The lowest BCUT2D eigenvalue weighted by molar-refractivity contribution is -0.138. The fraction of sp³-hybridized carbons (Fsp3) is 0.536. The number of esters is 1. The predicted molar refractivity (Wildman–Crippen MR) is 126 cm³/mol. The Kier molecular flexibility index (Phi) is 8.54. The van der Waals surface area contributed by atoms with Gasteiger partial charge in [-0.05, 0) is 72.8 Å². The Morgan fingerprint density at radius 1 is 0.900 bits per heavy atom. The van der Waals surface area contributed by atoms with Crippen LogP contribution in [0.25, 0.3) is 11.1 Å². The fourth-order valence-electron chi connectivity index (χ4n) is 4.51. The molecule has 0 spiro atoms. The Morgan fingerprint density at radius 3 is 2.07 bits per heavy atom. The van der Waals surface area contributed by atoms with Gasteiger partial charge in [-0.15, -0.1) is 0 Å². The van der Waals surface area contributed by atoms with Crippen molar-refractivity contribution in [2.24, 2.45) is 11.8 Å². The van der Waals surface area contributed by atoms with Crippen LogP contribution in [0.1, 0.15) is 90.0 Å². The number of hydrogen-bond donors (Lipinski definition) is 0. The van der Waals surface area contributed by atoms with Gasteiger partial charge in [-0.25, -0.2) is 0 Å². The number of unbranched alkanes of at least 4 members (excludes halogenated alkanes) is 2. The molecule has 2 nitrogen and oxygen atoms in total. The van der Waals surface area contributed by atoms with Gasteiger partial charge in [0, 0.05) is 0 Å².